The molecule has 6 heteroatoms. The second kappa shape index (κ2) is 4.97. The number of rotatable bonds is 4. The van der Waals surface area contributed by atoms with Gasteiger partial charge in [0.1, 0.15) is 12.7 Å². The minimum absolute atomic E-state index is 1.03. The highest BCUT2D eigenvalue weighted by Crippen LogP contribution is 2.05. The Hall–Kier alpha value is -0.780. The van der Waals surface area contributed by atoms with E-state index in [1.54, 1.807) is 0 Å². The fourth-order valence-electron chi connectivity index (χ4n) is 0.355. The van der Waals surface area contributed by atoms with E-state index >= 15 is 0 Å². The molecule has 0 saturated carbocycles. The molecule has 0 spiro atoms. The van der Waals surface area contributed by atoms with Gasteiger partial charge in [0, 0.05) is 0 Å². The molecule has 0 aliphatic carbocycles. The van der Waals surface area contributed by atoms with Crippen molar-refractivity contribution in [2.45, 2.75) is 25.6 Å². The van der Waals surface area contributed by atoms with Crippen molar-refractivity contribution in [3.05, 3.63) is 0 Å². The number of carbonyl (C=O) groups is 1. The monoisotopic (exact) mass is 186 g/mol. The Labute approximate surface area is 67.1 Å². The number of aliphatic hydroxyl groups is 1. The Balaban J connectivity index is 3.61. The summed E-state index contributed by atoms with van der Waals surface area (Å²) in [5.41, 5.74) is 0. The molecule has 0 aromatic carbocycles. The van der Waals surface area contributed by atoms with Crippen LogP contribution in [-0.4, -0.2) is 36.4 Å². The second-order valence-electron chi connectivity index (χ2n) is 2.16. The van der Waals surface area contributed by atoms with Crippen LogP contribution >= 0.6 is 0 Å². The highest BCUT2D eigenvalue weighted by molar-refractivity contribution is 5.73. The third kappa shape index (κ3) is 4.17. The fourth-order valence-corrected chi connectivity index (χ4v) is 0.355. The van der Waals surface area contributed by atoms with E-state index in [9.17, 15) is 18.0 Å². The van der Waals surface area contributed by atoms with Gasteiger partial charge >= 0.3 is 5.97 Å². The van der Waals surface area contributed by atoms with Gasteiger partial charge in [-0.25, -0.2) is 18.0 Å². The summed E-state index contributed by atoms with van der Waals surface area (Å²) in [6.45, 7) is 0.0688. The lowest BCUT2D eigenvalue weighted by Crippen LogP contribution is -2.26. The summed E-state index contributed by atoms with van der Waals surface area (Å²) in [5, 5.41) is 8.49. The zero-order valence-corrected chi connectivity index (χ0v) is 6.34. The molecule has 2 atom stereocenters. The second-order valence-corrected chi connectivity index (χ2v) is 2.16. The zero-order valence-electron chi connectivity index (χ0n) is 6.34. The average Bonchev–Trinajstić information content (AvgIpc) is 1.98. The third-order valence-electron chi connectivity index (χ3n) is 0.999. The van der Waals surface area contributed by atoms with E-state index < -0.39 is 31.3 Å². The van der Waals surface area contributed by atoms with Crippen LogP contribution in [0.3, 0.4) is 0 Å². The van der Waals surface area contributed by atoms with Crippen LogP contribution in [0.5, 0.6) is 0 Å². The van der Waals surface area contributed by atoms with Crippen LogP contribution in [0.2, 0.25) is 0 Å². The molecule has 0 aromatic heterocycles. The Kier molecular flexibility index (Phi) is 4.65. The summed E-state index contributed by atoms with van der Waals surface area (Å²) in [6.07, 6.45) is -7.09. The highest BCUT2D eigenvalue weighted by atomic mass is 19.3. The fraction of sp³-hybridized carbons (Fsp3) is 0.833. The number of ether oxygens (including phenoxy) is 1. The van der Waals surface area contributed by atoms with Crippen molar-refractivity contribution in [3.63, 3.8) is 0 Å². The van der Waals surface area contributed by atoms with Crippen molar-refractivity contribution in [1.82, 2.24) is 0 Å². The molecule has 0 aliphatic rings. The summed E-state index contributed by atoms with van der Waals surface area (Å²) < 4.78 is 38.9. The summed E-state index contributed by atoms with van der Waals surface area (Å²) in [5.74, 6) is -1.11. The number of hydrogen-bond donors (Lipinski definition) is 1. The van der Waals surface area contributed by atoms with Crippen LogP contribution in [-0.2, 0) is 9.53 Å². The first-order valence-electron chi connectivity index (χ1n) is 3.22. The largest absolute Gasteiger partial charge is 0.460 e. The first-order chi connectivity index (χ1) is 5.45. The number of hydrogen-bond acceptors (Lipinski definition) is 3. The van der Waals surface area contributed by atoms with Crippen LogP contribution in [0.15, 0.2) is 0 Å². The maximum absolute atomic E-state index is 12.0. The van der Waals surface area contributed by atoms with Gasteiger partial charge in [-0.1, -0.05) is 0 Å². The predicted octanol–water partition coefficient (Wildman–Crippen LogP) is 0.514. The number of alkyl halides is 3. The van der Waals surface area contributed by atoms with Crippen molar-refractivity contribution in [3.8, 4) is 0 Å². The molecule has 0 fully saturated rings. The smallest absolute Gasteiger partial charge is 0.334 e. The maximum atomic E-state index is 12.0. The minimum atomic E-state index is -3.17. The van der Waals surface area contributed by atoms with Gasteiger partial charge in [-0.3, -0.25) is 0 Å². The van der Waals surface area contributed by atoms with Crippen molar-refractivity contribution < 1.29 is 27.8 Å². The lowest BCUT2D eigenvalue weighted by molar-refractivity contribution is -0.156. The molecular formula is C6H9F3O3. The van der Waals surface area contributed by atoms with Crippen molar-refractivity contribution in [2.24, 2.45) is 0 Å². The molecule has 0 saturated heterocycles. The lowest BCUT2D eigenvalue weighted by Gasteiger charge is -2.08. The summed E-state index contributed by atoms with van der Waals surface area (Å²) in [4.78, 5) is 10.4. The quantitative estimate of drug-likeness (QED) is 0.651. The molecular weight excluding hydrogens is 177 g/mol. The van der Waals surface area contributed by atoms with Crippen molar-refractivity contribution in [2.75, 3.05) is 6.61 Å². The Morgan fingerprint density at radius 3 is 2.33 bits per heavy atom. The zero-order chi connectivity index (χ0) is 9.72. The van der Waals surface area contributed by atoms with E-state index in [0.717, 1.165) is 6.92 Å². The van der Waals surface area contributed by atoms with Gasteiger partial charge in [0.2, 0.25) is 0 Å². The van der Waals surface area contributed by atoms with E-state index in [1.807, 2.05) is 0 Å². The van der Waals surface area contributed by atoms with Crippen LogP contribution in [0.1, 0.15) is 6.92 Å². The van der Waals surface area contributed by atoms with Gasteiger partial charge in [-0.05, 0) is 6.92 Å². The summed E-state index contributed by atoms with van der Waals surface area (Å²) in [6, 6.07) is 0. The molecule has 72 valence electrons. The SMILES string of the molecule is CC(O)C(=O)OCC(F)C(F)F. The van der Waals surface area contributed by atoms with Gasteiger partial charge in [0.15, 0.2) is 6.17 Å². The lowest BCUT2D eigenvalue weighted by atomic mass is 10.4. The Morgan fingerprint density at radius 2 is 2.00 bits per heavy atom. The van der Waals surface area contributed by atoms with Crippen LogP contribution in [0.4, 0.5) is 13.2 Å². The first kappa shape index (κ1) is 11.2. The molecule has 0 heterocycles. The molecule has 0 bridgehead atoms. The van der Waals surface area contributed by atoms with E-state index in [0.29, 0.717) is 0 Å². The number of carbonyl (C=O) groups excluding carboxylic acids is 1. The standard InChI is InChI=1S/C6H9F3O3/c1-3(10)6(11)12-2-4(7)5(8)9/h3-5,10H,2H2,1H3. The Bertz CT molecular complexity index is 149. The Morgan fingerprint density at radius 1 is 1.50 bits per heavy atom. The van der Waals surface area contributed by atoms with Crippen LogP contribution in [0, 0.1) is 0 Å². The maximum Gasteiger partial charge on any atom is 0.334 e. The summed E-state index contributed by atoms with van der Waals surface area (Å²) >= 11 is 0. The van der Waals surface area contributed by atoms with Crippen molar-refractivity contribution >= 4 is 5.97 Å². The summed E-state index contributed by atoms with van der Waals surface area (Å²) in [7, 11) is 0. The van der Waals surface area contributed by atoms with Crippen molar-refractivity contribution in [1.29, 1.82) is 0 Å². The molecule has 0 rings (SSSR count). The van der Waals surface area contributed by atoms with Gasteiger partial charge in [0.25, 0.3) is 6.43 Å². The topological polar surface area (TPSA) is 46.5 Å². The molecule has 1 N–H and O–H groups in total. The molecule has 0 amide bonds. The highest BCUT2D eigenvalue weighted by Gasteiger charge is 2.22. The average molecular weight is 186 g/mol. The number of halogens is 3. The predicted molar refractivity (Wildman–Crippen MR) is 33.5 cm³/mol. The van der Waals surface area contributed by atoms with Gasteiger partial charge in [-0.2, -0.15) is 0 Å². The van der Waals surface area contributed by atoms with E-state index in [2.05, 4.69) is 4.74 Å². The normalized spacial score (nSPS) is 15.8. The van der Waals surface area contributed by atoms with E-state index in [4.69, 9.17) is 5.11 Å². The third-order valence-corrected chi connectivity index (χ3v) is 0.999. The first-order valence-corrected chi connectivity index (χ1v) is 3.22. The van der Waals surface area contributed by atoms with E-state index in [1.165, 1.54) is 0 Å². The molecule has 2 unspecified atom stereocenters. The number of aliphatic hydroxyl groups excluding tert-OH is 1. The molecule has 0 radical (unpaired) electrons. The van der Waals surface area contributed by atoms with Crippen LogP contribution < -0.4 is 0 Å². The molecule has 0 aliphatic heterocycles. The molecule has 3 nitrogen and oxygen atoms in total. The van der Waals surface area contributed by atoms with Gasteiger partial charge in [0.05, 0.1) is 0 Å². The minimum Gasteiger partial charge on any atom is -0.460 e. The van der Waals surface area contributed by atoms with E-state index in [-0.39, 0.29) is 0 Å². The number of esters is 1. The molecule has 0 aromatic rings. The van der Waals surface area contributed by atoms with Gasteiger partial charge < -0.3 is 9.84 Å². The molecule has 12 heavy (non-hydrogen) atoms. The van der Waals surface area contributed by atoms with Gasteiger partial charge in [-0.15, -0.1) is 0 Å². The van der Waals surface area contributed by atoms with Crippen LogP contribution in [0.25, 0.3) is 0 Å².